The smallest absolute Gasteiger partial charge is 0.0172 e. The van der Waals surface area contributed by atoms with Gasteiger partial charge in [-0.25, -0.2) is 0 Å². The van der Waals surface area contributed by atoms with Crippen molar-refractivity contribution in [2.75, 3.05) is 0 Å². The molecule has 0 amide bonds. The molecule has 0 aromatic carbocycles. The van der Waals surface area contributed by atoms with Crippen LogP contribution in [-0.2, 0) is 0 Å². The van der Waals surface area contributed by atoms with Crippen LogP contribution >= 0.6 is 7.92 Å². The number of hydrogen-bond donors (Lipinski definition) is 0. The van der Waals surface area contributed by atoms with Gasteiger partial charge in [-0.1, -0.05) is 80.8 Å². The number of rotatable bonds is 3. The molecule has 3 aliphatic rings. The van der Waals surface area contributed by atoms with E-state index in [0.717, 1.165) is 0 Å². The topological polar surface area (TPSA) is 0 Å². The molecule has 0 N–H and O–H groups in total. The Balaban J connectivity index is 1.87. The van der Waals surface area contributed by atoms with Crippen molar-refractivity contribution < 1.29 is 0 Å². The summed E-state index contributed by atoms with van der Waals surface area (Å²) < 4.78 is 0. The van der Waals surface area contributed by atoms with Crippen LogP contribution in [0.4, 0.5) is 0 Å². The summed E-state index contributed by atoms with van der Waals surface area (Å²) in [4.78, 5) is 0. The molecule has 0 saturated heterocycles. The van der Waals surface area contributed by atoms with Crippen LogP contribution in [0.25, 0.3) is 0 Å². The van der Waals surface area contributed by atoms with Crippen molar-refractivity contribution in [3.05, 3.63) is 72.9 Å². The van der Waals surface area contributed by atoms with Gasteiger partial charge in [0.15, 0.2) is 0 Å². The van der Waals surface area contributed by atoms with E-state index >= 15 is 0 Å². The quantitative estimate of drug-likeness (QED) is 0.639. The predicted molar refractivity (Wildman–Crippen MR) is 73.1 cm³/mol. The highest BCUT2D eigenvalue weighted by molar-refractivity contribution is 7.61. The lowest BCUT2D eigenvalue weighted by atomic mass is 10.4. The van der Waals surface area contributed by atoms with Gasteiger partial charge in [-0.3, -0.25) is 0 Å². The third-order valence-corrected chi connectivity index (χ3v) is 6.31. The minimum Gasteiger partial charge on any atom is -0.0736 e. The van der Waals surface area contributed by atoms with Gasteiger partial charge in [0.25, 0.3) is 0 Å². The van der Waals surface area contributed by atoms with E-state index in [4.69, 9.17) is 0 Å². The van der Waals surface area contributed by atoms with E-state index in [1.165, 1.54) is 0 Å². The monoisotopic (exact) mass is 226 g/mol. The summed E-state index contributed by atoms with van der Waals surface area (Å²) in [6.45, 7) is 0. The van der Waals surface area contributed by atoms with E-state index in [1.54, 1.807) is 0 Å². The van der Waals surface area contributed by atoms with E-state index in [-0.39, 0.29) is 7.92 Å². The molecule has 0 atom stereocenters. The van der Waals surface area contributed by atoms with Crippen molar-refractivity contribution in [2.45, 2.75) is 17.0 Å². The minimum atomic E-state index is -0.0849. The predicted octanol–water partition coefficient (Wildman–Crippen LogP) is 3.95. The van der Waals surface area contributed by atoms with E-state index in [1.807, 2.05) is 0 Å². The first kappa shape index (κ1) is 10.1. The van der Waals surface area contributed by atoms with Crippen molar-refractivity contribution in [1.29, 1.82) is 0 Å². The maximum Gasteiger partial charge on any atom is 0.0172 e. The standard InChI is InChI=1S/C15H15P/c1-2-8-13(7-1)16(14-9-3-4-10-14)15-11-5-6-12-15/h1-15H. The van der Waals surface area contributed by atoms with Crippen LogP contribution in [0.5, 0.6) is 0 Å². The van der Waals surface area contributed by atoms with Gasteiger partial charge < -0.3 is 0 Å². The fourth-order valence-electron chi connectivity index (χ4n) is 2.45. The largest absolute Gasteiger partial charge is 0.0736 e. The SMILES string of the molecule is C1=CC(P(C2C=CC=C2)C2C=CC=C2)C=C1. The summed E-state index contributed by atoms with van der Waals surface area (Å²) in [5.74, 6) is 0. The van der Waals surface area contributed by atoms with Gasteiger partial charge in [0.2, 0.25) is 0 Å². The Labute approximate surface area is 98.2 Å². The highest BCUT2D eigenvalue weighted by Gasteiger charge is 2.30. The molecule has 80 valence electrons. The molecule has 0 aliphatic heterocycles. The molecular formula is C15H15P. The van der Waals surface area contributed by atoms with Gasteiger partial charge in [0.1, 0.15) is 0 Å². The maximum absolute atomic E-state index is 2.35. The molecule has 0 radical (unpaired) electrons. The molecule has 0 unspecified atom stereocenters. The van der Waals surface area contributed by atoms with E-state index in [9.17, 15) is 0 Å². The highest BCUT2D eigenvalue weighted by Crippen LogP contribution is 2.56. The molecule has 3 rings (SSSR count). The lowest BCUT2D eigenvalue weighted by Crippen LogP contribution is -2.14. The van der Waals surface area contributed by atoms with Crippen LogP contribution in [0.15, 0.2) is 72.9 Å². The van der Waals surface area contributed by atoms with Gasteiger partial charge in [-0.2, -0.15) is 0 Å². The molecule has 0 aromatic heterocycles. The zero-order valence-electron chi connectivity index (χ0n) is 9.11. The normalized spacial score (nSPS) is 23.8. The summed E-state index contributed by atoms with van der Waals surface area (Å²) in [5.41, 5.74) is 1.93. The summed E-state index contributed by atoms with van der Waals surface area (Å²) in [6.07, 6.45) is 27.2. The molecule has 0 aromatic rings. The maximum atomic E-state index is 2.35. The van der Waals surface area contributed by atoms with E-state index in [0.29, 0.717) is 17.0 Å². The fraction of sp³-hybridized carbons (Fsp3) is 0.200. The molecule has 0 saturated carbocycles. The molecule has 0 bridgehead atoms. The third kappa shape index (κ3) is 1.79. The molecule has 16 heavy (non-hydrogen) atoms. The molecule has 0 spiro atoms. The average molecular weight is 226 g/mol. The molecule has 0 nitrogen and oxygen atoms in total. The van der Waals surface area contributed by atoms with Gasteiger partial charge in [0, 0.05) is 17.0 Å². The second-order valence-electron chi connectivity index (χ2n) is 4.23. The second kappa shape index (κ2) is 4.39. The van der Waals surface area contributed by atoms with Crippen LogP contribution in [0.2, 0.25) is 0 Å². The summed E-state index contributed by atoms with van der Waals surface area (Å²) in [7, 11) is -0.0849. The first-order chi connectivity index (χ1) is 7.95. The molecule has 0 fully saturated rings. The first-order valence-electron chi connectivity index (χ1n) is 5.77. The Bertz CT molecular complexity index is 332. The van der Waals surface area contributed by atoms with Crippen molar-refractivity contribution in [1.82, 2.24) is 0 Å². The van der Waals surface area contributed by atoms with Gasteiger partial charge >= 0.3 is 0 Å². The van der Waals surface area contributed by atoms with Gasteiger partial charge in [-0.05, 0) is 0 Å². The van der Waals surface area contributed by atoms with Gasteiger partial charge in [0.05, 0.1) is 0 Å². The van der Waals surface area contributed by atoms with Crippen LogP contribution in [0, 0.1) is 0 Å². The number of hydrogen-bond acceptors (Lipinski definition) is 0. The Morgan fingerprint density at radius 2 is 0.688 bits per heavy atom. The summed E-state index contributed by atoms with van der Waals surface area (Å²) >= 11 is 0. The van der Waals surface area contributed by atoms with Crippen molar-refractivity contribution in [3.63, 3.8) is 0 Å². The highest BCUT2D eigenvalue weighted by atomic mass is 31.1. The zero-order chi connectivity index (χ0) is 10.8. The first-order valence-corrected chi connectivity index (χ1v) is 7.32. The molecule has 3 aliphatic carbocycles. The van der Waals surface area contributed by atoms with Crippen molar-refractivity contribution in [3.8, 4) is 0 Å². The minimum absolute atomic E-state index is 0.0849. The summed E-state index contributed by atoms with van der Waals surface area (Å²) in [5, 5.41) is 0. The molecule has 0 heterocycles. The lowest BCUT2D eigenvalue weighted by molar-refractivity contribution is 1.25. The third-order valence-electron chi connectivity index (χ3n) is 3.22. The van der Waals surface area contributed by atoms with Crippen LogP contribution < -0.4 is 0 Å². The van der Waals surface area contributed by atoms with E-state index in [2.05, 4.69) is 72.9 Å². The Morgan fingerprint density at radius 3 is 0.938 bits per heavy atom. The molecule has 1 heteroatoms. The van der Waals surface area contributed by atoms with Crippen LogP contribution in [0.1, 0.15) is 0 Å². The van der Waals surface area contributed by atoms with E-state index < -0.39 is 0 Å². The van der Waals surface area contributed by atoms with Crippen molar-refractivity contribution in [2.24, 2.45) is 0 Å². The Morgan fingerprint density at radius 1 is 0.438 bits per heavy atom. The van der Waals surface area contributed by atoms with Gasteiger partial charge in [-0.15, -0.1) is 0 Å². The van der Waals surface area contributed by atoms with Crippen molar-refractivity contribution >= 4 is 7.92 Å². The summed E-state index contributed by atoms with van der Waals surface area (Å²) in [6, 6.07) is 0. The second-order valence-corrected chi connectivity index (χ2v) is 6.91. The molecular weight excluding hydrogens is 211 g/mol. The zero-order valence-corrected chi connectivity index (χ0v) is 10.0. The lowest BCUT2D eigenvalue weighted by Gasteiger charge is -2.30. The number of allylic oxidation sites excluding steroid dienone is 12. The Kier molecular flexibility index (Phi) is 2.76. The Hall–Kier alpha value is -1.13. The van der Waals surface area contributed by atoms with Crippen LogP contribution in [-0.4, -0.2) is 17.0 Å². The van der Waals surface area contributed by atoms with Crippen LogP contribution in [0.3, 0.4) is 0 Å². The fourth-order valence-corrected chi connectivity index (χ4v) is 5.43. The average Bonchev–Trinajstić information content (AvgIpc) is 3.02.